The number of hydrogen-bond donors (Lipinski definition) is 1. The van der Waals surface area contributed by atoms with Crippen molar-refractivity contribution < 1.29 is 9.53 Å². The lowest BCUT2D eigenvalue weighted by Gasteiger charge is -2.32. The van der Waals surface area contributed by atoms with E-state index in [2.05, 4.69) is 15.3 Å². The van der Waals surface area contributed by atoms with Crippen molar-refractivity contribution in [3.05, 3.63) is 40.5 Å². The molecule has 1 aliphatic heterocycles. The predicted octanol–water partition coefficient (Wildman–Crippen LogP) is 3.61. The zero-order valence-corrected chi connectivity index (χ0v) is 16.0. The smallest absolute Gasteiger partial charge is 0.229 e. The number of benzene rings is 1. The van der Waals surface area contributed by atoms with Crippen molar-refractivity contribution in [1.29, 1.82) is 0 Å². The number of piperidine rings is 1. The minimum absolute atomic E-state index is 0.000292. The first-order valence-corrected chi connectivity index (χ1v) is 9.06. The van der Waals surface area contributed by atoms with Crippen LogP contribution in [-0.2, 0) is 4.79 Å². The highest BCUT2D eigenvalue weighted by molar-refractivity contribution is 6.31. The van der Waals surface area contributed by atoms with Gasteiger partial charge in [0, 0.05) is 35.6 Å². The second kappa shape index (κ2) is 7.91. The fourth-order valence-electron chi connectivity index (χ4n) is 3.12. The van der Waals surface area contributed by atoms with Crippen molar-refractivity contribution in [2.75, 3.05) is 30.4 Å². The molecule has 1 aliphatic rings. The Bertz CT molecular complexity index is 812. The number of nitrogens with zero attached hydrogens (tertiary/aromatic N) is 3. The summed E-state index contributed by atoms with van der Waals surface area (Å²) in [6, 6.07) is 7.32. The molecule has 0 unspecified atom stereocenters. The molecule has 1 fully saturated rings. The molecule has 1 N–H and O–H groups in total. The monoisotopic (exact) mass is 374 g/mol. The van der Waals surface area contributed by atoms with Gasteiger partial charge >= 0.3 is 0 Å². The van der Waals surface area contributed by atoms with Crippen LogP contribution in [0.1, 0.15) is 24.1 Å². The zero-order valence-electron chi connectivity index (χ0n) is 15.3. The summed E-state index contributed by atoms with van der Waals surface area (Å²) >= 11 is 6.14. The van der Waals surface area contributed by atoms with Gasteiger partial charge in [-0.15, -0.1) is 0 Å². The SMILES string of the molecule is COc1cc(C)nc(N2CCC[C@@H](C(=O)Nc3cccc(Cl)c3C)C2)n1. The minimum Gasteiger partial charge on any atom is -0.481 e. The summed E-state index contributed by atoms with van der Waals surface area (Å²) in [5.74, 6) is 1.02. The average molecular weight is 375 g/mol. The van der Waals surface area contributed by atoms with Crippen molar-refractivity contribution in [3.8, 4) is 5.88 Å². The number of amides is 1. The van der Waals surface area contributed by atoms with Crippen LogP contribution in [0.2, 0.25) is 5.02 Å². The topological polar surface area (TPSA) is 67.3 Å². The third-order valence-corrected chi connectivity index (χ3v) is 5.04. The lowest BCUT2D eigenvalue weighted by molar-refractivity contribution is -0.120. The van der Waals surface area contributed by atoms with E-state index in [-0.39, 0.29) is 11.8 Å². The summed E-state index contributed by atoms with van der Waals surface area (Å²) in [6.07, 6.45) is 1.75. The van der Waals surface area contributed by atoms with Crippen LogP contribution >= 0.6 is 11.6 Å². The lowest BCUT2D eigenvalue weighted by Crippen LogP contribution is -2.41. The zero-order chi connectivity index (χ0) is 18.7. The Balaban J connectivity index is 1.73. The van der Waals surface area contributed by atoms with E-state index in [1.54, 1.807) is 13.2 Å². The molecule has 0 bridgehead atoms. The van der Waals surface area contributed by atoms with Gasteiger partial charge < -0.3 is 15.0 Å². The molecule has 138 valence electrons. The Morgan fingerprint density at radius 1 is 1.35 bits per heavy atom. The molecule has 1 amide bonds. The first kappa shape index (κ1) is 18.5. The van der Waals surface area contributed by atoms with Crippen molar-refractivity contribution in [2.45, 2.75) is 26.7 Å². The molecular formula is C19H23ClN4O2. The van der Waals surface area contributed by atoms with Crippen LogP contribution in [0.3, 0.4) is 0 Å². The molecule has 0 saturated carbocycles. The van der Waals surface area contributed by atoms with E-state index in [1.807, 2.05) is 36.9 Å². The van der Waals surface area contributed by atoms with Gasteiger partial charge in [0.2, 0.25) is 17.7 Å². The first-order chi connectivity index (χ1) is 12.5. The van der Waals surface area contributed by atoms with Crippen LogP contribution in [-0.4, -0.2) is 36.1 Å². The van der Waals surface area contributed by atoms with Gasteiger partial charge in [0.15, 0.2) is 0 Å². The molecule has 0 spiro atoms. The third-order valence-electron chi connectivity index (χ3n) is 4.63. The molecule has 26 heavy (non-hydrogen) atoms. The number of carbonyl (C=O) groups excluding carboxylic acids is 1. The van der Waals surface area contributed by atoms with Crippen molar-refractivity contribution in [2.24, 2.45) is 5.92 Å². The fourth-order valence-corrected chi connectivity index (χ4v) is 3.30. The minimum atomic E-state index is -0.128. The van der Waals surface area contributed by atoms with Gasteiger partial charge in [-0.2, -0.15) is 4.98 Å². The molecule has 6 nitrogen and oxygen atoms in total. The molecule has 1 atom stereocenters. The Hall–Kier alpha value is -2.34. The van der Waals surface area contributed by atoms with Crippen LogP contribution in [0.15, 0.2) is 24.3 Å². The fraction of sp³-hybridized carbons (Fsp3) is 0.421. The molecule has 2 aromatic rings. The largest absolute Gasteiger partial charge is 0.481 e. The van der Waals surface area contributed by atoms with Gasteiger partial charge in [0.1, 0.15) is 0 Å². The number of halogens is 1. The summed E-state index contributed by atoms with van der Waals surface area (Å²) in [4.78, 5) is 23.7. The van der Waals surface area contributed by atoms with Crippen molar-refractivity contribution >= 4 is 29.1 Å². The van der Waals surface area contributed by atoms with Crippen molar-refractivity contribution in [3.63, 3.8) is 0 Å². The van der Waals surface area contributed by atoms with E-state index in [0.717, 1.165) is 36.3 Å². The van der Waals surface area contributed by atoms with E-state index >= 15 is 0 Å². The Labute approximate surface area is 158 Å². The molecule has 3 rings (SSSR count). The third kappa shape index (κ3) is 4.07. The van der Waals surface area contributed by atoms with Gasteiger partial charge in [-0.3, -0.25) is 4.79 Å². The number of aromatic nitrogens is 2. The summed E-state index contributed by atoms with van der Waals surface area (Å²) in [5.41, 5.74) is 2.48. The lowest BCUT2D eigenvalue weighted by atomic mass is 9.97. The number of carbonyl (C=O) groups is 1. The van der Waals surface area contributed by atoms with Gasteiger partial charge in [0.05, 0.1) is 13.0 Å². The number of hydrogen-bond acceptors (Lipinski definition) is 5. The van der Waals surface area contributed by atoms with Gasteiger partial charge in [0.25, 0.3) is 0 Å². The maximum atomic E-state index is 12.8. The second-order valence-corrected chi connectivity index (χ2v) is 6.95. The quantitative estimate of drug-likeness (QED) is 0.885. The Morgan fingerprint density at radius 2 is 2.15 bits per heavy atom. The summed E-state index contributed by atoms with van der Waals surface area (Å²) in [6.45, 7) is 5.21. The normalized spacial score (nSPS) is 17.1. The Kier molecular flexibility index (Phi) is 5.61. The Morgan fingerprint density at radius 3 is 2.92 bits per heavy atom. The molecule has 1 aromatic carbocycles. The molecule has 7 heteroatoms. The van der Waals surface area contributed by atoms with E-state index in [4.69, 9.17) is 16.3 Å². The average Bonchev–Trinajstić information content (AvgIpc) is 2.65. The maximum absolute atomic E-state index is 12.8. The molecule has 1 aromatic heterocycles. The van der Waals surface area contributed by atoms with E-state index < -0.39 is 0 Å². The molecule has 0 radical (unpaired) electrons. The van der Waals surface area contributed by atoms with E-state index in [0.29, 0.717) is 23.4 Å². The maximum Gasteiger partial charge on any atom is 0.229 e. The summed E-state index contributed by atoms with van der Waals surface area (Å²) in [7, 11) is 1.59. The highest BCUT2D eigenvalue weighted by Crippen LogP contribution is 2.26. The number of nitrogens with one attached hydrogen (secondary N) is 1. The van der Waals surface area contributed by atoms with Gasteiger partial charge in [-0.25, -0.2) is 4.98 Å². The molecular weight excluding hydrogens is 352 g/mol. The number of ether oxygens (including phenoxy) is 1. The van der Waals surface area contributed by atoms with Crippen LogP contribution in [0.5, 0.6) is 5.88 Å². The highest BCUT2D eigenvalue weighted by atomic mass is 35.5. The predicted molar refractivity (Wildman–Crippen MR) is 103 cm³/mol. The van der Waals surface area contributed by atoms with E-state index in [9.17, 15) is 4.79 Å². The standard InChI is InChI=1S/C19H23ClN4O2/c1-12-10-17(26-3)23-19(21-12)24-9-5-6-14(11-24)18(25)22-16-8-4-7-15(20)13(16)2/h4,7-8,10,14H,5-6,9,11H2,1-3H3,(H,22,25)/t14-/m1/s1. The highest BCUT2D eigenvalue weighted by Gasteiger charge is 2.28. The van der Waals surface area contributed by atoms with Crippen LogP contribution in [0.25, 0.3) is 0 Å². The summed E-state index contributed by atoms with van der Waals surface area (Å²) in [5, 5.41) is 3.66. The molecule has 0 aliphatic carbocycles. The van der Waals surface area contributed by atoms with Crippen LogP contribution in [0.4, 0.5) is 11.6 Å². The van der Waals surface area contributed by atoms with Gasteiger partial charge in [-0.05, 0) is 44.4 Å². The number of methoxy groups -OCH3 is 1. The first-order valence-electron chi connectivity index (χ1n) is 8.68. The van der Waals surface area contributed by atoms with Gasteiger partial charge in [-0.1, -0.05) is 17.7 Å². The molecule has 1 saturated heterocycles. The van der Waals surface area contributed by atoms with E-state index in [1.165, 1.54) is 0 Å². The number of anilines is 2. The number of rotatable bonds is 4. The van der Waals surface area contributed by atoms with Crippen molar-refractivity contribution in [1.82, 2.24) is 9.97 Å². The molecule has 2 heterocycles. The van der Waals surface area contributed by atoms with Crippen LogP contribution in [0, 0.1) is 19.8 Å². The number of aryl methyl sites for hydroxylation is 1. The summed E-state index contributed by atoms with van der Waals surface area (Å²) < 4.78 is 5.23. The second-order valence-electron chi connectivity index (χ2n) is 6.54. The van der Waals surface area contributed by atoms with Crippen LogP contribution < -0.4 is 15.0 Å².